The maximum absolute atomic E-state index is 11.0. The minimum absolute atomic E-state index is 0.159. The molecule has 0 rings (SSSR count). The summed E-state index contributed by atoms with van der Waals surface area (Å²) >= 11 is 0. The summed E-state index contributed by atoms with van der Waals surface area (Å²) in [5.74, 6) is 0.159. The quantitative estimate of drug-likeness (QED) is 0.358. The molecule has 0 saturated heterocycles. The highest BCUT2D eigenvalue weighted by molar-refractivity contribution is 5.80. The lowest BCUT2D eigenvalue weighted by Crippen LogP contribution is -2.23. The van der Waals surface area contributed by atoms with Gasteiger partial charge in [0.15, 0.2) is 0 Å². The zero-order valence-corrected chi connectivity index (χ0v) is 7.85. The van der Waals surface area contributed by atoms with Gasteiger partial charge in [-0.25, -0.2) is 0 Å². The zero-order valence-electron chi connectivity index (χ0n) is 7.85. The Balaban J connectivity index is 3.28. The monoisotopic (exact) mass is 171 g/mol. The Labute approximate surface area is 73.7 Å². The van der Waals surface area contributed by atoms with Crippen molar-refractivity contribution in [3.05, 3.63) is 12.2 Å². The van der Waals surface area contributed by atoms with Gasteiger partial charge in [-0.05, 0) is 20.3 Å². The number of carbonyl (C=O) groups excluding carboxylic acids is 1. The van der Waals surface area contributed by atoms with Crippen molar-refractivity contribution in [2.45, 2.75) is 26.7 Å². The summed E-state index contributed by atoms with van der Waals surface area (Å²) in [6.45, 7) is 8.38. The van der Waals surface area contributed by atoms with Crippen molar-refractivity contribution in [2.24, 2.45) is 0 Å². The minimum Gasteiger partial charge on any atom is -0.302 e. The molecule has 0 aromatic rings. The molecule has 0 bridgehead atoms. The van der Waals surface area contributed by atoms with Crippen molar-refractivity contribution in [3.8, 4) is 0 Å². The van der Waals surface area contributed by atoms with Crippen molar-refractivity contribution >= 4 is 5.78 Å². The molecule has 0 aliphatic rings. The molecule has 0 aromatic carbocycles. The predicted octanol–water partition coefficient (Wildman–Crippen LogP) is 1.45. The van der Waals surface area contributed by atoms with Crippen molar-refractivity contribution < 1.29 is 9.63 Å². The molecular formula is C9H17NO2. The van der Waals surface area contributed by atoms with Crippen LogP contribution in [0, 0.1) is 0 Å². The number of allylic oxidation sites excluding steroid dienone is 1. The molecule has 0 unspecified atom stereocenters. The van der Waals surface area contributed by atoms with Gasteiger partial charge < -0.3 is 4.84 Å². The van der Waals surface area contributed by atoms with Gasteiger partial charge in [0.1, 0.15) is 5.78 Å². The van der Waals surface area contributed by atoms with Crippen LogP contribution in [0.2, 0.25) is 0 Å². The van der Waals surface area contributed by atoms with Crippen LogP contribution in [0.3, 0.4) is 0 Å². The Bertz CT molecular complexity index is 155. The Morgan fingerprint density at radius 3 is 2.67 bits per heavy atom. The van der Waals surface area contributed by atoms with E-state index in [1.165, 1.54) is 0 Å². The van der Waals surface area contributed by atoms with Crippen molar-refractivity contribution in [1.29, 1.82) is 0 Å². The summed E-state index contributed by atoms with van der Waals surface area (Å²) in [5.41, 5.74) is 3.62. The second-order valence-electron chi connectivity index (χ2n) is 2.75. The van der Waals surface area contributed by atoms with Gasteiger partial charge in [-0.3, -0.25) is 4.79 Å². The van der Waals surface area contributed by atoms with E-state index in [0.717, 1.165) is 12.0 Å². The van der Waals surface area contributed by atoms with Crippen LogP contribution >= 0.6 is 0 Å². The lowest BCUT2D eigenvalue weighted by Gasteiger charge is -2.02. The number of ketones is 1. The van der Waals surface area contributed by atoms with Crippen LogP contribution in [0.25, 0.3) is 0 Å². The summed E-state index contributed by atoms with van der Waals surface area (Å²) in [5, 5.41) is 0. The molecule has 1 N–H and O–H groups in total. The van der Waals surface area contributed by atoms with E-state index in [2.05, 4.69) is 12.1 Å². The fourth-order valence-corrected chi connectivity index (χ4v) is 0.675. The second kappa shape index (κ2) is 7.00. The number of nitrogens with one attached hydrogen (secondary N) is 1. The molecule has 0 atom stereocenters. The molecule has 0 aromatic heterocycles. The summed E-state index contributed by atoms with van der Waals surface area (Å²) < 4.78 is 0. The molecule has 0 aliphatic heterocycles. The normalized spacial score (nSPS) is 9.83. The van der Waals surface area contributed by atoms with Gasteiger partial charge in [-0.2, -0.15) is 5.48 Å². The van der Waals surface area contributed by atoms with Gasteiger partial charge in [-0.15, -0.1) is 6.58 Å². The first-order chi connectivity index (χ1) is 5.66. The molecule has 0 amide bonds. The molecule has 70 valence electrons. The lowest BCUT2D eigenvalue weighted by molar-refractivity contribution is -0.120. The van der Waals surface area contributed by atoms with Gasteiger partial charge in [0.2, 0.25) is 0 Å². The molecule has 0 saturated carbocycles. The number of rotatable bonds is 7. The third-order valence-corrected chi connectivity index (χ3v) is 1.35. The number of hydroxylamine groups is 1. The van der Waals surface area contributed by atoms with Crippen molar-refractivity contribution in [1.82, 2.24) is 5.48 Å². The Morgan fingerprint density at radius 2 is 2.17 bits per heavy atom. The van der Waals surface area contributed by atoms with E-state index in [-0.39, 0.29) is 5.78 Å². The summed E-state index contributed by atoms with van der Waals surface area (Å²) in [6.07, 6.45) is 1.32. The van der Waals surface area contributed by atoms with Crippen LogP contribution in [0.15, 0.2) is 12.2 Å². The summed E-state index contributed by atoms with van der Waals surface area (Å²) in [4.78, 5) is 15.9. The van der Waals surface area contributed by atoms with Gasteiger partial charge in [0.05, 0.1) is 13.2 Å². The van der Waals surface area contributed by atoms with E-state index in [4.69, 9.17) is 4.84 Å². The fourth-order valence-electron chi connectivity index (χ4n) is 0.675. The maximum Gasteiger partial charge on any atom is 0.149 e. The van der Waals surface area contributed by atoms with Crippen molar-refractivity contribution in [2.75, 3.05) is 13.2 Å². The summed E-state index contributed by atoms with van der Waals surface area (Å²) in [6, 6.07) is 0. The number of Topliss-reactive ketones (excluding diaryl/α,β-unsaturated/α-hetero) is 1. The van der Waals surface area contributed by atoms with Crippen LogP contribution in [0.4, 0.5) is 0 Å². The zero-order chi connectivity index (χ0) is 9.40. The van der Waals surface area contributed by atoms with Crippen molar-refractivity contribution in [3.63, 3.8) is 0 Å². The van der Waals surface area contributed by atoms with Gasteiger partial charge in [-0.1, -0.05) is 5.57 Å². The van der Waals surface area contributed by atoms with Crippen LogP contribution in [-0.4, -0.2) is 18.9 Å². The largest absolute Gasteiger partial charge is 0.302 e. The third kappa shape index (κ3) is 7.44. The van der Waals surface area contributed by atoms with E-state index >= 15 is 0 Å². The molecule has 0 radical (unpaired) electrons. The molecule has 3 nitrogen and oxygen atoms in total. The molecule has 12 heavy (non-hydrogen) atoms. The molecule has 0 fully saturated rings. The first-order valence-electron chi connectivity index (χ1n) is 4.17. The van der Waals surface area contributed by atoms with Crippen LogP contribution in [0.5, 0.6) is 0 Å². The first-order valence-corrected chi connectivity index (χ1v) is 4.17. The van der Waals surface area contributed by atoms with E-state index in [1.807, 2.05) is 13.8 Å². The third-order valence-electron chi connectivity index (χ3n) is 1.35. The molecule has 0 heterocycles. The van der Waals surface area contributed by atoms with E-state index in [1.54, 1.807) is 0 Å². The van der Waals surface area contributed by atoms with E-state index < -0.39 is 0 Å². The van der Waals surface area contributed by atoms with Gasteiger partial charge in [0.25, 0.3) is 0 Å². The molecule has 0 spiro atoms. The highest BCUT2D eigenvalue weighted by atomic mass is 16.6. The highest BCUT2D eigenvalue weighted by Gasteiger charge is 2.00. The molecule has 3 heteroatoms. The fraction of sp³-hybridized carbons (Fsp3) is 0.667. The molecule has 0 aliphatic carbocycles. The first kappa shape index (κ1) is 11.3. The van der Waals surface area contributed by atoms with Crippen LogP contribution in [-0.2, 0) is 9.63 Å². The standard InChI is InChI=1S/C9H17NO2/c1-4-12-10-7-9(11)6-5-8(2)3/h10H,2,4-7H2,1,3H3. The Kier molecular flexibility index (Phi) is 6.61. The topological polar surface area (TPSA) is 38.3 Å². The van der Waals surface area contributed by atoms with E-state index in [9.17, 15) is 4.79 Å². The second-order valence-corrected chi connectivity index (χ2v) is 2.75. The number of carbonyl (C=O) groups is 1. The maximum atomic E-state index is 11.0. The average molecular weight is 171 g/mol. The lowest BCUT2D eigenvalue weighted by atomic mass is 10.1. The minimum atomic E-state index is 0.159. The number of hydrogen-bond donors (Lipinski definition) is 1. The average Bonchev–Trinajstić information content (AvgIpc) is 2.01. The Morgan fingerprint density at radius 1 is 1.50 bits per heavy atom. The van der Waals surface area contributed by atoms with Crippen LogP contribution in [0.1, 0.15) is 26.7 Å². The SMILES string of the molecule is C=C(C)CCC(=O)CNOCC. The highest BCUT2D eigenvalue weighted by Crippen LogP contribution is 1.99. The number of hydrogen-bond acceptors (Lipinski definition) is 3. The summed E-state index contributed by atoms with van der Waals surface area (Å²) in [7, 11) is 0. The van der Waals surface area contributed by atoms with E-state index in [0.29, 0.717) is 19.6 Å². The smallest absolute Gasteiger partial charge is 0.149 e. The predicted molar refractivity (Wildman–Crippen MR) is 48.7 cm³/mol. The molecular weight excluding hydrogens is 154 g/mol. The van der Waals surface area contributed by atoms with Crippen LogP contribution < -0.4 is 5.48 Å². The van der Waals surface area contributed by atoms with Gasteiger partial charge >= 0.3 is 0 Å². The van der Waals surface area contributed by atoms with Gasteiger partial charge in [0, 0.05) is 6.42 Å². The Hall–Kier alpha value is -0.670.